The van der Waals surface area contributed by atoms with Crippen LogP contribution in [0.5, 0.6) is 5.75 Å². The van der Waals surface area contributed by atoms with Gasteiger partial charge in [-0.05, 0) is 31.5 Å². The van der Waals surface area contributed by atoms with Gasteiger partial charge in [-0.3, -0.25) is 14.7 Å². The second-order valence-electron chi connectivity index (χ2n) is 7.13. The van der Waals surface area contributed by atoms with Crippen LogP contribution in [0.1, 0.15) is 21.7 Å². The third kappa shape index (κ3) is 3.65. The van der Waals surface area contributed by atoms with Gasteiger partial charge in [0.25, 0.3) is 21.5 Å². The number of aromatic nitrogens is 3. The molecule has 1 amide bonds. The molecule has 0 atom stereocenters. The first kappa shape index (κ1) is 21.3. The molecule has 164 valence electrons. The number of aromatic amines is 1. The molecule has 0 unspecified atom stereocenters. The number of amides is 1. The highest BCUT2D eigenvalue weighted by molar-refractivity contribution is 7.90. The van der Waals surface area contributed by atoms with Gasteiger partial charge in [-0.1, -0.05) is 36.4 Å². The molecule has 0 saturated heterocycles. The molecule has 2 aromatic heterocycles. The van der Waals surface area contributed by atoms with Crippen LogP contribution in [0.15, 0.2) is 64.3 Å². The number of H-pyrrole nitrogens is 1. The second kappa shape index (κ2) is 7.97. The summed E-state index contributed by atoms with van der Waals surface area (Å²) in [6.07, 6.45) is 0. The molecule has 0 fully saturated rings. The average molecular weight is 452 g/mol. The fraction of sp³-hybridized carbons (Fsp3) is 0.136. The van der Waals surface area contributed by atoms with Gasteiger partial charge in [0.05, 0.1) is 17.7 Å². The molecule has 2 N–H and O–H groups in total. The number of hydrogen-bond donors (Lipinski definition) is 2. The van der Waals surface area contributed by atoms with E-state index in [1.807, 2.05) is 35.1 Å². The van der Waals surface area contributed by atoms with E-state index in [0.717, 1.165) is 15.6 Å². The summed E-state index contributed by atoms with van der Waals surface area (Å²) in [6.45, 7) is 3.28. The van der Waals surface area contributed by atoms with Crippen LogP contribution in [-0.4, -0.2) is 36.0 Å². The van der Waals surface area contributed by atoms with Crippen molar-refractivity contribution in [2.45, 2.75) is 18.7 Å². The summed E-state index contributed by atoms with van der Waals surface area (Å²) in [5.41, 5.74) is 1.66. The topological polar surface area (TPSA) is 123 Å². The van der Waals surface area contributed by atoms with E-state index in [4.69, 9.17) is 4.74 Å². The number of benzene rings is 2. The van der Waals surface area contributed by atoms with Gasteiger partial charge in [0.1, 0.15) is 11.3 Å². The highest BCUT2D eigenvalue weighted by Gasteiger charge is 2.26. The number of sulfonamides is 1. The molecule has 4 rings (SSSR count). The number of ether oxygens (including phenoxy) is 1. The molecule has 0 saturated carbocycles. The molecule has 0 aliphatic heterocycles. The lowest BCUT2D eigenvalue weighted by atomic mass is 10.1. The maximum Gasteiger partial charge on any atom is 0.285 e. The number of methoxy groups -OCH3 is 1. The zero-order valence-corrected chi connectivity index (χ0v) is 18.4. The van der Waals surface area contributed by atoms with Crippen LogP contribution in [-0.2, 0) is 10.0 Å². The molecule has 2 aromatic carbocycles. The molecule has 9 nitrogen and oxygen atoms in total. The highest BCUT2D eigenvalue weighted by Crippen LogP contribution is 2.26. The van der Waals surface area contributed by atoms with Crippen LogP contribution in [0.4, 0.5) is 0 Å². The first-order valence-corrected chi connectivity index (χ1v) is 11.1. The second-order valence-corrected chi connectivity index (χ2v) is 8.81. The minimum atomic E-state index is -4.24. The standard InChI is InChI=1S/C22H20N4O5S/c1-13-19(21(27)25-32(29,30)17-11-7-10-16(12-17)31-3)22(28)26-20(23-13)18(14(2)24-26)15-8-5-4-6-9-15/h4-12,24H,1-3H3,(H,25,27). The monoisotopic (exact) mass is 452 g/mol. The Balaban J connectivity index is 1.78. The molecule has 4 aromatic rings. The van der Waals surface area contributed by atoms with Crippen molar-refractivity contribution in [2.24, 2.45) is 0 Å². The van der Waals surface area contributed by atoms with Crippen LogP contribution >= 0.6 is 0 Å². The summed E-state index contributed by atoms with van der Waals surface area (Å²) >= 11 is 0. The Morgan fingerprint density at radius 1 is 1.09 bits per heavy atom. The fourth-order valence-electron chi connectivity index (χ4n) is 3.50. The third-order valence-electron chi connectivity index (χ3n) is 5.01. The van der Waals surface area contributed by atoms with Crippen LogP contribution < -0.4 is 15.0 Å². The minimum absolute atomic E-state index is 0.115. The molecule has 2 heterocycles. The quantitative estimate of drug-likeness (QED) is 0.480. The first-order chi connectivity index (χ1) is 15.2. The third-order valence-corrected chi connectivity index (χ3v) is 6.34. The van der Waals surface area contributed by atoms with Crippen LogP contribution in [0.2, 0.25) is 0 Å². The number of rotatable bonds is 5. The van der Waals surface area contributed by atoms with Gasteiger partial charge in [0.2, 0.25) is 0 Å². The van der Waals surface area contributed by atoms with E-state index in [1.165, 1.54) is 32.2 Å². The maximum atomic E-state index is 13.1. The predicted molar refractivity (Wildman–Crippen MR) is 118 cm³/mol. The molecule has 0 aliphatic carbocycles. The Morgan fingerprint density at radius 3 is 2.50 bits per heavy atom. The number of hydrogen-bond acceptors (Lipinski definition) is 6. The van der Waals surface area contributed by atoms with Gasteiger partial charge in [-0.2, -0.15) is 0 Å². The molecule has 0 spiro atoms. The molecule has 0 radical (unpaired) electrons. The van der Waals surface area contributed by atoms with Crippen molar-refractivity contribution < 1.29 is 17.9 Å². The van der Waals surface area contributed by atoms with E-state index in [-0.39, 0.29) is 16.2 Å². The molecular formula is C22H20N4O5S. The van der Waals surface area contributed by atoms with Gasteiger partial charge in [0.15, 0.2) is 5.65 Å². The SMILES string of the molecule is COc1cccc(S(=O)(=O)NC(=O)c2c(C)nc3c(-c4ccccc4)c(C)[nH]n3c2=O)c1. The molecular weight excluding hydrogens is 432 g/mol. The summed E-state index contributed by atoms with van der Waals surface area (Å²) in [5.74, 6) is -0.749. The van der Waals surface area contributed by atoms with Gasteiger partial charge < -0.3 is 4.74 Å². The van der Waals surface area contributed by atoms with Crippen LogP contribution in [0, 0.1) is 13.8 Å². The zero-order valence-electron chi connectivity index (χ0n) is 17.5. The van der Waals surface area contributed by atoms with E-state index in [1.54, 1.807) is 13.0 Å². The minimum Gasteiger partial charge on any atom is -0.497 e. The van der Waals surface area contributed by atoms with Crippen molar-refractivity contribution in [3.63, 3.8) is 0 Å². The summed E-state index contributed by atoms with van der Waals surface area (Å²) < 4.78 is 33.5. The smallest absolute Gasteiger partial charge is 0.285 e. The van der Waals surface area contributed by atoms with Gasteiger partial charge in [0, 0.05) is 17.3 Å². The highest BCUT2D eigenvalue weighted by atomic mass is 32.2. The van der Waals surface area contributed by atoms with Crippen molar-refractivity contribution in [3.05, 3.63) is 81.9 Å². The lowest BCUT2D eigenvalue weighted by Gasteiger charge is -2.09. The summed E-state index contributed by atoms with van der Waals surface area (Å²) in [6, 6.07) is 15.0. The summed E-state index contributed by atoms with van der Waals surface area (Å²) in [4.78, 5) is 30.2. The lowest BCUT2D eigenvalue weighted by Crippen LogP contribution is -2.36. The van der Waals surface area contributed by atoms with E-state index < -0.39 is 21.5 Å². The Morgan fingerprint density at radius 2 is 1.81 bits per heavy atom. The van der Waals surface area contributed by atoms with Crippen molar-refractivity contribution in [3.8, 4) is 16.9 Å². The number of nitrogens with zero attached hydrogens (tertiary/aromatic N) is 2. The van der Waals surface area contributed by atoms with Crippen molar-refractivity contribution in [1.29, 1.82) is 0 Å². The largest absolute Gasteiger partial charge is 0.497 e. The molecule has 32 heavy (non-hydrogen) atoms. The number of aryl methyl sites for hydroxylation is 2. The fourth-order valence-corrected chi connectivity index (χ4v) is 4.50. The molecule has 10 heteroatoms. The van der Waals surface area contributed by atoms with Gasteiger partial charge >= 0.3 is 0 Å². The van der Waals surface area contributed by atoms with E-state index in [9.17, 15) is 18.0 Å². The van der Waals surface area contributed by atoms with E-state index >= 15 is 0 Å². The average Bonchev–Trinajstić information content (AvgIpc) is 3.10. The number of nitrogens with one attached hydrogen (secondary N) is 2. The van der Waals surface area contributed by atoms with Gasteiger partial charge in [-0.25, -0.2) is 22.6 Å². The Kier molecular flexibility index (Phi) is 5.31. The van der Waals surface area contributed by atoms with Crippen LogP contribution in [0.25, 0.3) is 16.8 Å². The predicted octanol–water partition coefficient (Wildman–Crippen LogP) is 2.43. The van der Waals surface area contributed by atoms with Gasteiger partial charge in [-0.15, -0.1) is 0 Å². The van der Waals surface area contributed by atoms with E-state index in [0.29, 0.717) is 17.1 Å². The van der Waals surface area contributed by atoms with E-state index in [2.05, 4.69) is 10.1 Å². The van der Waals surface area contributed by atoms with Crippen molar-refractivity contribution >= 4 is 21.6 Å². The summed E-state index contributed by atoms with van der Waals surface area (Å²) in [5, 5.41) is 2.92. The normalized spacial score (nSPS) is 11.5. The van der Waals surface area contributed by atoms with Crippen molar-refractivity contribution in [2.75, 3.05) is 7.11 Å². The Labute approximate surface area is 183 Å². The Hall–Kier alpha value is -3.92. The lowest BCUT2D eigenvalue weighted by molar-refractivity contribution is 0.0978. The zero-order chi connectivity index (χ0) is 23.0. The van der Waals surface area contributed by atoms with Crippen LogP contribution in [0.3, 0.4) is 0 Å². The molecule has 0 aliphatic rings. The van der Waals surface area contributed by atoms with Crippen molar-refractivity contribution in [1.82, 2.24) is 19.3 Å². The summed E-state index contributed by atoms with van der Waals surface area (Å²) in [7, 11) is -2.84. The maximum absolute atomic E-state index is 13.1. The first-order valence-electron chi connectivity index (χ1n) is 9.61. The number of carbonyl (C=O) groups excluding carboxylic acids is 1. The number of carbonyl (C=O) groups is 1. The number of fused-ring (bicyclic) bond motifs is 1. The molecule has 0 bridgehead atoms. The Bertz CT molecular complexity index is 1500.